The van der Waals surface area contributed by atoms with Crippen molar-refractivity contribution >= 4 is 140 Å². The van der Waals surface area contributed by atoms with Gasteiger partial charge in [-0.1, -0.05) is 69.9 Å². The molecule has 7 heterocycles. The monoisotopic (exact) mass is 1860 g/mol. The second kappa shape index (κ2) is 46.8. The van der Waals surface area contributed by atoms with Gasteiger partial charge in [0.05, 0.1) is 36.9 Å². The Morgan fingerprint density at radius 3 is 1.83 bits per heavy atom. The summed E-state index contributed by atoms with van der Waals surface area (Å²) in [7, 11) is 5.73. The van der Waals surface area contributed by atoms with Gasteiger partial charge >= 0.3 is 5.97 Å². The van der Waals surface area contributed by atoms with E-state index in [-0.39, 0.29) is 124 Å². The number of benzene rings is 3. The van der Waals surface area contributed by atoms with E-state index in [1.54, 1.807) is 58.4 Å². The molecule has 132 heavy (non-hydrogen) atoms. The summed E-state index contributed by atoms with van der Waals surface area (Å²) in [5, 5.41) is 59.0. The molecule has 5 aliphatic heterocycles. The van der Waals surface area contributed by atoms with Gasteiger partial charge in [0, 0.05) is 100 Å². The first-order valence-electron chi connectivity index (χ1n) is 44.2. The smallest absolute Gasteiger partial charge is 0.323 e. The highest BCUT2D eigenvalue weighted by Gasteiger charge is 2.47. The van der Waals surface area contributed by atoms with Crippen LogP contribution in [-0.2, 0) is 112 Å². The van der Waals surface area contributed by atoms with Crippen LogP contribution in [0, 0.1) is 11.7 Å². The van der Waals surface area contributed by atoms with Crippen molar-refractivity contribution in [1.82, 2.24) is 92.1 Å². The second-order valence-corrected chi connectivity index (χ2v) is 35.9. The van der Waals surface area contributed by atoms with E-state index in [2.05, 4.69) is 58.2 Å². The molecular formula is C88H120FN21O21S. The van der Waals surface area contributed by atoms with Gasteiger partial charge in [0.15, 0.2) is 0 Å². The summed E-state index contributed by atoms with van der Waals surface area (Å²) in [5.41, 5.74) is 19.2. The molecule has 42 nitrogen and oxygen atoms in total. The van der Waals surface area contributed by atoms with E-state index >= 15 is 47.5 Å². The number of carbonyl (C=O) groups excluding carboxylic acids is 17. The highest BCUT2D eigenvalue weighted by atomic mass is 32.2. The summed E-state index contributed by atoms with van der Waals surface area (Å²) in [6.07, 6.45) is 1.16. The van der Waals surface area contributed by atoms with Crippen LogP contribution in [0.3, 0.4) is 0 Å². The number of phenolic OH excluding ortho intramolecular Hbond substituents is 1. The number of primary amides is 2. The number of carboxylic acids is 1. The molecule has 0 aliphatic carbocycles. The highest BCUT2D eigenvalue weighted by molar-refractivity contribution is 8.00. The molecule has 0 saturated carbocycles. The van der Waals surface area contributed by atoms with Crippen molar-refractivity contribution in [3.05, 3.63) is 102 Å². The van der Waals surface area contributed by atoms with Crippen molar-refractivity contribution in [2.45, 2.75) is 214 Å². The van der Waals surface area contributed by atoms with Gasteiger partial charge in [-0.15, -0.1) is 11.8 Å². The summed E-state index contributed by atoms with van der Waals surface area (Å²) in [5.74, 6) is -19.0. The van der Waals surface area contributed by atoms with Crippen molar-refractivity contribution in [1.29, 1.82) is 0 Å². The highest BCUT2D eigenvalue weighted by Crippen LogP contribution is 2.30. The molecule has 5 fully saturated rings. The summed E-state index contributed by atoms with van der Waals surface area (Å²) < 4.78 is 16.3. The molecule has 0 spiro atoms. The number of phenols is 1. The molecule has 17 amide bonds. The minimum atomic E-state index is -1.75. The van der Waals surface area contributed by atoms with Crippen LogP contribution in [0.1, 0.15) is 120 Å². The number of carbonyl (C=O) groups is 18. The molecule has 5 aliphatic rings. The van der Waals surface area contributed by atoms with Crippen molar-refractivity contribution in [3.8, 4) is 5.75 Å². The zero-order chi connectivity index (χ0) is 96.1. The number of aromatic hydroxyl groups is 1. The molecule has 3 unspecified atom stereocenters. The number of nitrogens with one attached hydrogen (secondary N) is 11. The van der Waals surface area contributed by atoms with E-state index < -0.39 is 248 Å². The summed E-state index contributed by atoms with van der Waals surface area (Å²) >= 11 is 0.819. The van der Waals surface area contributed by atoms with Crippen LogP contribution in [0.25, 0.3) is 21.8 Å². The zero-order valence-corrected chi connectivity index (χ0v) is 75.4. The molecule has 5 saturated heterocycles. The van der Waals surface area contributed by atoms with Crippen LogP contribution in [0.5, 0.6) is 5.75 Å². The number of hydrogen-bond acceptors (Lipinski definition) is 23. The average Bonchev–Trinajstić information content (AvgIpc) is 1.62. The van der Waals surface area contributed by atoms with Gasteiger partial charge in [-0.25, -0.2) is 4.39 Å². The van der Waals surface area contributed by atoms with Gasteiger partial charge in [0.2, 0.25) is 100 Å². The standard InChI is InChI=1S/C88H120FN21O21S/c1-47(2)31-61-85(128)106(6)70(80(123)94-39-72(92)114)45-132-46-74(116)96-62(32-48-21-24-52(111)25-22-48)86(129)109-30-14-20-67(109)82(125)103-63(37-71(91)113)87(130)108-29-13-19-66(108)79(122)95-40-73(115)97-64(43-104(3)4)88(131)110-42-53(112)36-69(110)83(126)101-59(33-49-38-93-56-16-12-11-15-54(49)56)77(120)98-57(27-28-90)76(119)100-60(34-50-41-107(44-75(117)118)68-35-51(89)23-26-55(50)68)78(121)99-58-17-9-7-8-10-18-65(81(124)102-61)105(5)84(58)127/h11-12,15-16,21-26,35,38,41,47,53,57-67,69-70,93,111-112H,7-10,13-14,17-20,27-34,36-37,39-40,42-46,90H2,1-6H3,(H2,91,113)(H2,92,114)(H,94,123)(H,95,122)(H,96,116)(H,97,115)(H,98,120)(H,99,121)(H,100,119)(H,101,126)(H,102,124)(H,103,125)(H,117,118)/t53-,57+,58?,59+,60+,61+,62+,63-,64+,65?,66-,67+,69+,70?/m1/s1. The second-order valence-electron chi connectivity index (χ2n) is 34.8. The topological polar surface area (TPSA) is 606 Å². The molecule has 44 heteroatoms. The number of aliphatic hydroxyl groups excluding tert-OH is 1. The molecule has 20 N–H and O–H groups in total. The van der Waals surface area contributed by atoms with Crippen molar-refractivity contribution in [2.24, 2.45) is 23.1 Å². The van der Waals surface area contributed by atoms with Crippen LogP contribution < -0.4 is 70.4 Å². The Balaban J connectivity index is 1.00. The van der Waals surface area contributed by atoms with E-state index in [0.29, 0.717) is 47.7 Å². The number of aromatic nitrogens is 2. The Hall–Kier alpha value is -12.8. The largest absolute Gasteiger partial charge is 0.508 e. The number of nitrogens with zero attached hydrogens (tertiary/aromatic N) is 7. The van der Waals surface area contributed by atoms with Crippen LogP contribution in [0.15, 0.2) is 79.1 Å². The summed E-state index contributed by atoms with van der Waals surface area (Å²) in [6.45, 7) is 0.203. The molecule has 3 aromatic carbocycles. The van der Waals surface area contributed by atoms with Gasteiger partial charge < -0.3 is 125 Å². The minimum absolute atomic E-state index is 0.0167. The molecular weight excluding hydrogens is 1740 g/mol. The SMILES string of the molecule is CC(C)C[C@@H]1NC(=O)C2CCCCCCC(NC(=O)[C@H](Cc3cn(CC(=O)O)c4cc(F)ccc34)NC(=O)[C@H](CCN)NC(=O)[C@H](Cc3c[nH]c4ccccc34)NC(=O)[C@@H]3C[C@@H](O)CN3C(=O)[C@H](CN(C)C)NC(=O)CNC(=O)[C@H]3CCCN3C(=O)[C@@H](CC(N)=O)NC(=O)[C@@H]3CCCN3C(=O)[C@H](Cc3ccc(O)cc3)NC(=O)CSCC(C(=O)NCC(N)=O)N(C)C1=O)C(=O)N2C. The maximum absolute atomic E-state index is 15.5. The zero-order valence-electron chi connectivity index (χ0n) is 74.6. The fourth-order valence-corrected chi connectivity index (χ4v) is 18.5. The third-order valence-corrected chi connectivity index (χ3v) is 25.1. The number of halogens is 1. The predicted molar refractivity (Wildman–Crippen MR) is 477 cm³/mol. The van der Waals surface area contributed by atoms with Gasteiger partial charge in [0.1, 0.15) is 96.7 Å². The molecule has 716 valence electrons. The number of H-pyrrole nitrogens is 1. The first-order chi connectivity index (χ1) is 62.8. The van der Waals surface area contributed by atoms with Crippen molar-refractivity contribution in [3.63, 3.8) is 0 Å². The van der Waals surface area contributed by atoms with Gasteiger partial charge in [-0.05, 0) is 131 Å². The number of thioether (sulfide) groups is 1. The minimum Gasteiger partial charge on any atom is -0.508 e. The molecule has 0 radical (unpaired) electrons. The summed E-state index contributed by atoms with van der Waals surface area (Å²) in [6, 6.07) is -3.48. The fourth-order valence-electron chi connectivity index (χ4n) is 17.5. The molecule has 2 bridgehead atoms. The number of nitrogens with two attached hydrogens (primary N) is 3. The first-order valence-corrected chi connectivity index (χ1v) is 45.3. The number of likely N-dealkylation sites (N-methyl/N-ethyl adjacent to an activating group) is 3. The molecule has 5 aromatic rings. The first kappa shape index (κ1) is 101. The summed E-state index contributed by atoms with van der Waals surface area (Å²) in [4.78, 5) is 271. The number of amides is 17. The van der Waals surface area contributed by atoms with E-state index in [1.807, 2.05) is 0 Å². The maximum atomic E-state index is 15.5. The third kappa shape index (κ3) is 27.0. The molecule has 10 rings (SSSR count). The quantitative estimate of drug-likeness (QED) is 0.0377. The maximum Gasteiger partial charge on any atom is 0.323 e. The fraction of sp³-hybridized carbons (Fsp3) is 0.545. The number of hydrogen-bond donors (Lipinski definition) is 17. The number of fused-ring (bicyclic) bond motifs is 8. The lowest BCUT2D eigenvalue weighted by Gasteiger charge is -2.35. The van der Waals surface area contributed by atoms with Crippen LogP contribution in [-0.4, -0.2) is 331 Å². The molecule has 14 atom stereocenters. The normalized spacial score (nSPS) is 25.7. The Kier molecular flexibility index (Phi) is 35.9. The predicted octanol–water partition coefficient (Wildman–Crippen LogP) is -3.79. The Morgan fingerprint density at radius 2 is 1.17 bits per heavy atom. The van der Waals surface area contributed by atoms with Crippen molar-refractivity contribution < 1.29 is 106 Å². The number of aromatic amines is 1. The number of rotatable bonds is 19. The average molecular weight is 1860 g/mol. The number of aliphatic hydroxyl groups is 1. The van der Waals surface area contributed by atoms with Crippen LogP contribution in [0.2, 0.25) is 0 Å². The van der Waals surface area contributed by atoms with Crippen LogP contribution >= 0.6 is 11.8 Å². The molecule has 2 aromatic heterocycles. The van der Waals surface area contributed by atoms with Crippen LogP contribution in [0.4, 0.5) is 4.39 Å². The van der Waals surface area contributed by atoms with E-state index in [0.717, 1.165) is 43.5 Å². The van der Waals surface area contributed by atoms with Gasteiger partial charge in [-0.3, -0.25) is 86.3 Å². The van der Waals surface area contributed by atoms with E-state index in [9.17, 15) is 58.5 Å². The lowest BCUT2D eigenvalue weighted by atomic mass is 9.97. The Labute approximate surface area is 764 Å². The number of carboxylic acid groups (broad SMARTS) is 1. The third-order valence-electron chi connectivity index (χ3n) is 24.1. The van der Waals surface area contributed by atoms with Crippen molar-refractivity contribution in [2.75, 3.05) is 85.5 Å². The number of para-hydroxylation sites is 1. The number of aliphatic carboxylic acids is 1. The van der Waals surface area contributed by atoms with Gasteiger partial charge in [0.25, 0.3) is 0 Å². The Morgan fingerprint density at radius 1 is 0.583 bits per heavy atom. The Bertz CT molecular complexity index is 5110. The lowest BCUT2D eigenvalue weighted by molar-refractivity contribution is -0.145. The lowest BCUT2D eigenvalue weighted by Crippen LogP contribution is -2.61. The van der Waals surface area contributed by atoms with Gasteiger partial charge in [-0.2, -0.15) is 0 Å². The van der Waals surface area contributed by atoms with E-state index in [1.165, 1.54) is 65.0 Å². The van der Waals surface area contributed by atoms with E-state index in [4.69, 9.17) is 17.2 Å².